The van der Waals surface area contributed by atoms with Gasteiger partial charge >= 0.3 is 345 Å². The Labute approximate surface area is 343 Å². The van der Waals surface area contributed by atoms with Crippen LogP contribution >= 0.6 is 7.60 Å². The molecule has 0 saturated carbocycles. The summed E-state index contributed by atoms with van der Waals surface area (Å²) in [6.45, 7) is -0.0845. The second-order valence-corrected chi connectivity index (χ2v) is 17.1. The van der Waals surface area contributed by atoms with Crippen LogP contribution in [0.1, 0.15) is 22.9 Å². The predicted octanol–water partition coefficient (Wildman–Crippen LogP) is 8.74. The summed E-state index contributed by atoms with van der Waals surface area (Å²) in [5, 5.41) is 0.410. The third-order valence-electron chi connectivity index (χ3n) is 9.07. The summed E-state index contributed by atoms with van der Waals surface area (Å²) in [6, 6.07) is 58.6. The van der Waals surface area contributed by atoms with Crippen molar-refractivity contribution in [3.8, 4) is 11.5 Å². The zero-order chi connectivity index (χ0) is 40.0. The fraction of sp³-hybridized carbons (Fsp3) is 0.106. The molecule has 7 aromatic rings. The molecule has 0 spiro atoms. The number of aromatic nitrogens is 2. The van der Waals surface area contributed by atoms with E-state index in [1.54, 1.807) is 54.6 Å². The fourth-order valence-corrected chi connectivity index (χ4v) is 9.71. The van der Waals surface area contributed by atoms with E-state index in [4.69, 9.17) is 18.5 Å². The second-order valence-electron chi connectivity index (χ2n) is 13.1. The van der Waals surface area contributed by atoms with Crippen molar-refractivity contribution in [1.29, 1.82) is 0 Å². The SMILES string of the molecule is O=c1ccn([C@@H](C[Se]c2ccccc2)O[C@@H](/C=C/P(=O)(Oc2ccccc2)Oc2ccccc2)COC(c2ccccc2)(c2ccccc2)c2ccccc2)c(=O)[nH]1. The van der Waals surface area contributed by atoms with E-state index in [9.17, 15) is 14.2 Å². The van der Waals surface area contributed by atoms with Gasteiger partial charge in [-0.15, -0.1) is 0 Å². The summed E-state index contributed by atoms with van der Waals surface area (Å²) in [4.78, 5) is 27.9. The number of aromatic amines is 1. The number of hydrogen-bond acceptors (Lipinski definition) is 7. The van der Waals surface area contributed by atoms with Crippen LogP contribution in [0, 0.1) is 0 Å². The first-order chi connectivity index (χ1) is 28.4. The molecule has 9 nitrogen and oxygen atoms in total. The number of nitrogens with zero attached hydrogens (tertiary/aromatic N) is 1. The number of para-hydroxylation sites is 2. The van der Waals surface area contributed by atoms with Gasteiger partial charge in [0.2, 0.25) is 0 Å². The standard InChI is InChI=1S/C47H41N2O7PSe/c50-44-31-33-49(46(51)48-44)45(36-58-43-29-17-6-18-30-43)54-42(32-34-57(52,55-40-25-13-4-14-26-40)56-41-27-15-5-16-28-41)35-53-47(37-19-7-1-8-20-37,38-21-9-2-10-22-38)39-23-11-3-12-24-39/h1-34,42,45H,35-36H2,(H,48,50,51)/b34-32+/t42-,45+/m0/s1. The van der Waals surface area contributed by atoms with Crippen LogP contribution in [0.4, 0.5) is 0 Å². The van der Waals surface area contributed by atoms with Gasteiger partial charge in [0.1, 0.15) is 0 Å². The maximum atomic E-state index is 14.8. The Morgan fingerprint density at radius 3 is 1.53 bits per heavy atom. The van der Waals surface area contributed by atoms with Crippen LogP contribution in [0.5, 0.6) is 11.5 Å². The quantitative estimate of drug-likeness (QED) is 0.0523. The van der Waals surface area contributed by atoms with E-state index in [0.717, 1.165) is 21.2 Å². The fourth-order valence-electron chi connectivity index (χ4n) is 6.38. The first-order valence-corrected chi connectivity index (χ1v) is 22.3. The molecule has 1 N–H and O–H groups in total. The number of rotatable bonds is 18. The van der Waals surface area contributed by atoms with Gasteiger partial charge in [-0.2, -0.15) is 0 Å². The molecule has 0 saturated heterocycles. The van der Waals surface area contributed by atoms with Gasteiger partial charge in [-0.25, -0.2) is 0 Å². The molecule has 0 bridgehead atoms. The average Bonchev–Trinajstić information content (AvgIpc) is 3.26. The van der Waals surface area contributed by atoms with Gasteiger partial charge in [-0.05, 0) is 0 Å². The Morgan fingerprint density at radius 1 is 0.621 bits per heavy atom. The number of hydrogen-bond donors (Lipinski definition) is 1. The molecule has 0 aliphatic rings. The van der Waals surface area contributed by atoms with Crippen molar-refractivity contribution in [2.75, 3.05) is 6.61 Å². The molecule has 7 rings (SSSR count). The van der Waals surface area contributed by atoms with Gasteiger partial charge in [0.25, 0.3) is 0 Å². The van der Waals surface area contributed by atoms with Crippen molar-refractivity contribution >= 4 is 27.0 Å². The second kappa shape index (κ2) is 19.4. The minimum absolute atomic E-state index is 0.0845. The van der Waals surface area contributed by atoms with E-state index in [1.165, 1.54) is 22.6 Å². The van der Waals surface area contributed by atoms with E-state index in [-0.39, 0.29) is 21.6 Å². The van der Waals surface area contributed by atoms with Crippen LogP contribution in [0.2, 0.25) is 5.32 Å². The third kappa shape index (κ3) is 10.3. The van der Waals surface area contributed by atoms with Gasteiger partial charge < -0.3 is 0 Å². The Balaban J connectivity index is 1.33. The molecular formula is C47H41N2O7PSe. The van der Waals surface area contributed by atoms with Crippen LogP contribution in [-0.4, -0.2) is 37.2 Å². The topological polar surface area (TPSA) is 109 Å². The van der Waals surface area contributed by atoms with Crippen LogP contribution in [0.15, 0.2) is 216 Å². The monoisotopic (exact) mass is 856 g/mol. The molecule has 0 radical (unpaired) electrons. The van der Waals surface area contributed by atoms with Gasteiger partial charge in [-0.1, -0.05) is 0 Å². The van der Waals surface area contributed by atoms with Crippen LogP contribution in [0.3, 0.4) is 0 Å². The van der Waals surface area contributed by atoms with Crippen LogP contribution < -0.4 is 24.8 Å². The van der Waals surface area contributed by atoms with E-state index in [0.29, 0.717) is 16.8 Å². The summed E-state index contributed by atoms with van der Waals surface area (Å²) < 4.78 is 43.5. The van der Waals surface area contributed by atoms with Gasteiger partial charge in [0, 0.05) is 0 Å². The molecule has 2 atom stereocenters. The zero-order valence-electron chi connectivity index (χ0n) is 31.4. The van der Waals surface area contributed by atoms with Crippen LogP contribution in [0.25, 0.3) is 0 Å². The molecule has 11 heteroatoms. The summed E-state index contributed by atoms with van der Waals surface area (Å²) in [6.07, 6.45) is 1.22. The van der Waals surface area contributed by atoms with Crippen molar-refractivity contribution < 1.29 is 23.1 Å². The summed E-state index contributed by atoms with van der Waals surface area (Å²) in [5.41, 5.74) is 0.359. The van der Waals surface area contributed by atoms with Gasteiger partial charge in [0.15, 0.2) is 0 Å². The van der Waals surface area contributed by atoms with Crippen molar-refractivity contribution in [3.63, 3.8) is 0 Å². The minimum atomic E-state index is -4.08. The van der Waals surface area contributed by atoms with E-state index in [1.807, 2.05) is 133 Å². The summed E-state index contributed by atoms with van der Waals surface area (Å²) in [5.74, 6) is 2.07. The normalized spacial score (nSPS) is 12.8. The van der Waals surface area contributed by atoms with Gasteiger partial charge in [-0.3, -0.25) is 0 Å². The molecule has 58 heavy (non-hydrogen) atoms. The molecule has 0 amide bonds. The molecule has 0 aliphatic heterocycles. The summed E-state index contributed by atoms with van der Waals surface area (Å²) >= 11 is -0.152. The molecule has 1 heterocycles. The Hall–Kier alpha value is -5.99. The number of nitrogens with one attached hydrogen (secondary N) is 1. The third-order valence-corrected chi connectivity index (χ3v) is 12.8. The molecule has 1 aromatic heterocycles. The Bertz CT molecular complexity index is 2380. The molecular weight excluding hydrogens is 814 g/mol. The van der Waals surface area contributed by atoms with E-state index < -0.39 is 36.8 Å². The summed E-state index contributed by atoms with van der Waals surface area (Å²) in [7, 11) is -4.08. The molecule has 0 fully saturated rings. The van der Waals surface area contributed by atoms with Crippen LogP contribution in [-0.2, 0) is 19.6 Å². The first kappa shape index (κ1) is 40.2. The average molecular weight is 856 g/mol. The predicted molar refractivity (Wildman–Crippen MR) is 228 cm³/mol. The Kier molecular flexibility index (Phi) is 13.5. The van der Waals surface area contributed by atoms with Crippen molar-refractivity contribution in [1.82, 2.24) is 9.55 Å². The van der Waals surface area contributed by atoms with Crippen molar-refractivity contribution in [2.45, 2.75) is 23.3 Å². The number of benzene rings is 6. The van der Waals surface area contributed by atoms with E-state index in [2.05, 4.69) is 4.98 Å². The molecule has 292 valence electrons. The number of H-pyrrole nitrogens is 1. The van der Waals surface area contributed by atoms with Crippen molar-refractivity contribution in [3.05, 3.63) is 244 Å². The molecule has 6 aromatic carbocycles. The van der Waals surface area contributed by atoms with E-state index >= 15 is 0 Å². The Morgan fingerprint density at radius 2 is 1.07 bits per heavy atom. The molecule has 0 aliphatic carbocycles. The first-order valence-electron chi connectivity index (χ1n) is 18.6. The van der Waals surface area contributed by atoms with Crippen molar-refractivity contribution in [2.24, 2.45) is 0 Å². The number of ether oxygens (including phenoxy) is 2. The van der Waals surface area contributed by atoms with Gasteiger partial charge in [0.05, 0.1) is 0 Å². The zero-order valence-corrected chi connectivity index (χ0v) is 34.0. The maximum absolute atomic E-state index is 14.8. The molecule has 0 unspecified atom stereocenters.